The second-order valence-electron chi connectivity index (χ2n) is 10.6. The van der Waals surface area contributed by atoms with Crippen LogP contribution >= 0.6 is 0 Å². The maximum absolute atomic E-state index is 13.4. The molecule has 1 aliphatic rings. The summed E-state index contributed by atoms with van der Waals surface area (Å²) >= 11 is 0. The van der Waals surface area contributed by atoms with E-state index in [1.807, 2.05) is 20.9 Å². The second kappa shape index (κ2) is 13.4. The molecule has 3 N–H and O–H groups in total. The lowest BCUT2D eigenvalue weighted by Crippen LogP contribution is -2.47. The Bertz CT molecular complexity index is 1360. The van der Waals surface area contributed by atoms with Crippen LogP contribution in [0.4, 0.5) is 5.69 Å². The highest BCUT2D eigenvalue weighted by Gasteiger charge is 2.31. The molecule has 0 unspecified atom stereocenters. The maximum Gasteiger partial charge on any atom is 0.335 e. The van der Waals surface area contributed by atoms with Crippen molar-refractivity contribution in [2.75, 3.05) is 32.1 Å². The van der Waals surface area contributed by atoms with Gasteiger partial charge in [-0.2, -0.15) is 0 Å². The molecule has 0 spiro atoms. The van der Waals surface area contributed by atoms with Gasteiger partial charge in [0, 0.05) is 54.8 Å². The standard InChI is InChI=1S/C31H36N4O6/c1-20-16-35(21(2)19-36)29(37)15-25-14-26(33-30(38)23-10-12-32-13-11-23)8-9-27(25)41-28(20)18-34(3)17-22-4-6-24(7-5-22)31(39)40/h4-14,20-21,28,36H,15-19H2,1-3H3,(H,33,38)(H,39,40)/t20-,21-,28+/m1/s1. The molecule has 0 bridgehead atoms. The molecule has 3 aromatic rings. The number of carboxylic acids is 1. The number of benzene rings is 2. The number of hydrogen-bond donors (Lipinski definition) is 3. The molecular formula is C31H36N4O6. The van der Waals surface area contributed by atoms with E-state index in [1.165, 1.54) is 0 Å². The SMILES string of the molecule is C[C@@H]1CN([C@H](C)CO)C(=O)Cc2cc(NC(=O)c3ccncc3)ccc2O[C@H]1CN(C)Cc1ccc(C(=O)O)cc1. The van der Waals surface area contributed by atoms with Gasteiger partial charge in [0.25, 0.3) is 5.91 Å². The smallest absolute Gasteiger partial charge is 0.335 e. The minimum absolute atomic E-state index is 0.0594. The van der Waals surface area contributed by atoms with Crippen LogP contribution in [0.2, 0.25) is 0 Å². The second-order valence-corrected chi connectivity index (χ2v) is 10.6. The zero-order chi connectivity index (χ0) is 29.5. The zero-order valence-corrected chi connectivity index (χ0v) is 23.5. The molecule has 1 aliphatic heterocycles. The molecule has 10 nitrogen and oxygen atoms in total. The van der Waals surface area contributed by atoms with E-state index in [4.69, 9.17) is 4.74 Å². The number of anilines is 1. The minimum Gasteiger partial charge on any atom is -0.488 e. The van der Waals surface area contributed by atoms with Crippen LogP contribution in [0.5, 0.6) is 5.75 Å². The summed E-state index contributed by atoms with van der Waals surface area (Å²) < 4.78 is 6.56. The summed E-state index contributed by atoms with van der Waals surface area (Å²) in [6.07, 6.45) is 2.86. The van der Waals surface area contributed by atoms with Crippen molar-refractivity contribution in [3.05, 3.63) is 89.2 Å². The highest BCUT2D eigenvalue weighted by atomic mass is 16.5. The van der Waals surface area contributed by atoms with Crippen molar-refractivity contribution >= 4 is 23.5 Å². The third kappa shape index (κ3) is 7.68. The lowest BCUT2D eigenvalue weighted by atomic mass is 10.0. The summed E-state index contributed by atoms with van der Waals surface area (Å²) in [4.78, 5) is 45.1. The van der Waals surface area contributed by atoms with Crippen molar-refractivity contribution < 1.29 is 29.3 Å². The van der Waals surface area contributed by atoms with Crippen molar-refractivity contribution in [1.82, 2.24) is 14.8 Å². The number of amides is 2. The number of aromatic carboxylic acids is 1. The quantitative estimate of drug-likeness (QED) is 0.363. The number of aliphatic hydroxyl groups is 1. The molecule has 216 valence electrons. The maximum atomic E-state index is 13.4. The fraction of sp³-hybridized carbons (Fsp3) is 0.355. The lowest BCUT2D eigenvalue weighted by molar-refractivity contribution is -0.134. The number of carbonyl (C=O) groups is 3. The molecule has 10 heteroatoms. The Hall–Kier alpha value is -4.28. The number of nitrogens with one attached hydrogen (secondary N) is 1. The number of nitrogens with zero attached hydrogens (tertiary/aromatic N) is 3. The average molecular weight is 561 g/mol. The molecule has 1 aromatic heterocycles. The number of carbonyl (C=O) groups excluding carboxylic acids is 2. The summed E-state index contributed by atoms with van der Waals surface area (Å²) in [6.45, 7) is 5.21. The monoisotopic (exact) mass is 560 g/mol. The van der Waals surface area contributed by atoms with E-state index < -0.39 is 5.97 Å². The Morgan fingerprint density at radius 1 is 1.12 bits per heavy atom. The number of pyridine rings is 1. The summed E-state index contributed by atoms with van der Waals surface area (Å²) in [6, 6.07) is 14.9. The van der Waals surface area contributed by atoms with Gasteiger partial charge in [-0.3, -0.25) is 19.5 Å². The van der Waals surface area contributed by atoms with E-state index in [0.29, 0.717) is 42.2 Å². The van der Waals surface area contributed by atoms with Crippen LogP contribution in [0.3, 0.4) is 0 Å². The predicted molar refractivity (Wildman–Crippen MR) is 154 cm³/mol. The average Bonchev–Trinajstić information content (AvgIpc) is 3.00. The first-order chi connectivity index (χ1) is 19.6. The number of likely N-dealkylation sites (N-methyl/N-ethyl adjacent to an activating group) is 1. The molecule has 0 saturated carbocycles. The molecule has 0 aliphatic carbocycles. The molecule has 0 fully saturated rings. The number of carboxylic acid groups (broad SMARTS) is 1. The van der Waals surface area contributed by atoms with Gasteiger partial charge < -0.3 is 25.2 Å². The first-order valence-corrected chi connectivity index (χ1v) is 13.6. The summed E-state index contributed by atoms with van der Waals surface area (Å²) in [7, 11) is 1.96. The van der Waals surface area contributed by atoms with Crippen molar-refractivity contribution in [1.29, 1.82) is 0 Å². The van der Waals surface area contributed by atoms with Gasteiger partial charge in [0.2, 0.25) is 5.91 Å². The van der Waals surface area contributed by atoms with Crippen LogP contribution in [0, 0.1) is 5.92 Å². The van der Waals surface area contributed by atoms with Crippen molar-refractivity contribution in [3.8, 4) is 5.75 Å². The third-order valence-corrected chi connectivity index (χ3v) is 7.26. The molecule has 2 amide bonds. The fourth-order valence-electron chi connectivity index (χ4n) is 4.87. The molecule has 2 aromatic carbocycles. The third-order valence-electron chi connectivity index (χ3n) is 7.26. The Morgan fingerprint density at radius 3 is 2.49 bits per heavy atom. The first-order valence-electron chi connectivity index (χ1n) is 13.6. The van der Waals surface area contributed by atoms with Crippen LogP contribution in [-0.2, 0) is 17.8 Å². The molecule has 0 saturated heterocycles. The van der Waals surface area contributed by atoms with Crippen LogP contribution < -0.4 is 10.1 Å². The Morgan fingerprint density at radius 2 is 1.83 bits per heavy atom. The number of rotatable bonds is 9. The lowest BCUT2D eigenvalue weighted by Gasteiger charge is -2.34. The van der Waals surface area contributed by atoms with Gasteiger partial charge in [0.05, 0.1) is 24.6 Å². The molecular weight excluding hydrogens is 524 g/mol. The van der Waals surface area contributed by atoms with Crippen molar-refractivity contribution in [2.24, 2.45) is 5.92 Å². The number of ether oxygens (including phenoxy) is 1. The van der Waals surface area contributed by atoms with E-state index in [2.05, 4.69) is 15.2 Å². The number of aromatic nitrogens is 1. The molecule has 2 heterocycles. The van der Waals surface area contributed by atoms with E-state index in [-0.39, 0.29) is 48.5 Å². The summed E-state index contributed by atoms with van der Waals surface area (Å²) in [5.41, 5.74) is 2.85. The molecule has 0 radical (unpaired) electrons. The molecule has 4 rings (SSSR count). The van der Waals surface area contributed by atoms with Crippen molar-refractivity contribution in [2.45, 2.75) is 39.0 Å². The minimum atomic E-state index is -0.965. The number of aliphatic hydroxyl groups excluding tert-OH is 1. The van der Waals surface area contributed by atoms with Gasteiger partial charge in [0.1, 0.15) is 11.9 Å². The van der Waals surface area contributed by atoms with Gasteiger partial charge in [0.15, 0.2) is 0 Å². The highest BCUT2D eigenvalue weighted by molar-refractivity contribution is 6.04. The Balaban J connectivity index is 1.57. The largest absolute Gasteiger partial charge is 0.488 e. The fourth-order valence-corrected chi connectivity index (χ4v) is 4.87. The van der Waals surface area contributed by atoms with Gasteiger partial charge >= 0.3 is 5.97 Å². The number of fused-ring (bicyclic) bond motifs is 1. The summed E-state index contributed by atoms with van der Waals surface area (Å²) in [5.74, 6) is -0.889. The van der Waals surface area contributed by atoms with E-state index in [1.54, 1.807) is 71.9 Å². The first kappa shape index (κ1) is 29.7. The van der Waals surface area contributed by atoms with Crippen LogP contribution in [0.1, 0.15) is 45.7 Å². The van der Waals surface area contributed by atoms with Gasteiger partial charge in [-0.05, 0) is 62.0 Å². The van der Waals surface area contributed by atoms with Gasteiger partial charge in [-0.15, -0.1) is 0 Å². The van der Waals surface area contributed by atoms with Crippen molar-refractivity contribution in [3.63, 3.8) is 0 Å². The predicted octanol–water partition coefficient (Wildman–Crippen LogP) is 3.31. The van der Waals surface area contributed by atoms with Crippen LogP contribution in [-0.4, -0.2) is 81.7 Å². The van der Waals surface area contributed by atoms with Crippen LogP contribution in [0.15, 0.2) is 67.0 Å². The summed E-state index contributed by atoms with van der Waals surface area (Å²) in [5, 5.41) is 21.9. The van der Waals surface area contributed by atoms with Crippen LogP contribution in [0.25, 0.3) is 0 Å². The Labute approximate surface area is 239 Å². The van der Waals surface area contributed by atoms with E-state index in [0.717, 1.165) is 5.56 Å². The topological polar surface area (TPSA) is 132 Å². The van der Waals surface area contributed by atoms with E-state index in [9.17, 15) is 24.6 Å². The Kier molecular flexibility index (Phi) is 9.69. The number of hydrogen-bond acceptors (Lipinski definition) is 7. The molecule has 3 atom stereocenters. The van der Waals surface area contributed by atoms with Gasteiger partial charge in [-0.1, -0.05) is 19.1 Å². The zero-order valence-electron chi connectivity index (χ0n) is 23.5. The highest BCUT2D eigenvalue weighted by Crippen LogP contribution is 2.29. The normalized spacial score (nSPS) is 18.0. The van der Waals surface area contributed by atoms with E-state index >= 15 is 0 Å². The van der Waals surface area contributed by atoms with Gasteiger partial charge in [-0.25, -0.2) is 4.79 Å². The molecule has 41 heavy (non-hydrogen) atoms.